The van der Waals surface area contributed by atoms with Gasteiger partial charge in [0.25, 0.3) is 5.56 Å². The maximum atomic E-state index is 12.4. The minimum absolute atomic E-state index is 0.0502. The molecule has 1 atom stereocenters. The van der Waals surface area contributed by atoms with E-state index in [0.717, 1.165) is 6.42 Å². The standard InChI is InChI=1S/C16H19N3O4/c1-4-10(2)18-14(20)8-19-9-17-13-7-11(16(22)23-3)5-6-12(13)15(19)21/h5-7,9-10H,4,8H2,1-3H3,(H,18,20). The number of hydrogen-bond acceptors (Lipinski definition) is 5. The molecule has 0 saturated heterocycles. The summed E-state index contributed by atoms with van der Waals surface area (Å²) in [4.78, 5) is 39.9. The van der Waals surface area contributed by atoms with E-state index in [1.165, 1.54) is 36.2 Å². The van der Waals surface area contributed by atoms with Crippen LogP contribution in [0, 0.1) is 0 Å². The molecule has 1 amide bonds. The second-order valence-electron chi connectivity index (χ2n) is 5.28. The summed E-state index contributed by atoms with van der Waals surface area (Å²) in [5.74, 6) is -0.736. The fourth-order valence-corrected chi connectivity index (χ4v) is 2.09. The van der Waals surface area contributed by atoms with E-state index in [2.05, 4.69) is 15.0 Å². The Balaban J connectivity index is 2.31. The maximum Gasteiger partial charge on any atom is 0.337 e. The molecule has 0 aliphatic heterocycles. The summed E-state index contributed by atoms with van der Waals surface area (Å²) in [5.41, 5.74) is 0.376. The van der Waals surface area contributed by atoms with Crippen molar-refractivity contribution in [3.8, 4) is 0 Å². The molecule has 0 aliphatic rings. The average Bonchev–Trinajstić information content (AvgIpc) is 2.56. The van der Waals surface area contributed by atoms with E-state index in [0.29, 0.717) is 16.5 Å². The van der Waals surface area contributed by atoms with Crippen molar-refractivity contribution in [1.29, 1.82) is 0 Å². The number of hydrogen-bond donors (Lipinski definition) is 1. The van der Waals surface area contributed by atoms with E-state index in [9.17, 15) is 14.4 Å². The third-order valence-electron chi connectivity index (χ3n) is 3.58. The van der Waals surface area contributed by atoms with Crippen LogP contribution in [0.3, 0.4) is 0 Å². The highest BCUT2D eigenvalue weighted by Gasteiger charge is 2.12. The zero-order valence-corrected chi connectivity index (χ0v) is 13.3. The molecular weight excluding hydrogens is 298 g/mol. The lowest BCUT2D eigenvalue weighted by Crippen LogP contribution is -2.37. The van der Waals surface area contributed by atoms with Crippen LogP contribution in [0.15, 0.2) is 29.3 Å². The molecular formula is C16H19N3O4. The summed E-state index contributed by atoms with van der Waals surface area (Å²) in [6.45, 7) is 3.77. The van der Waals surface area contributed by atoms with Gasteiger partial charge in [-0.1, -0.05) is 6.92 Å². The molecule has 0 bridgehead atoms. The second-order valence-corrected chi connectivity index (χ2v) is 5.28. The van der Waals surface area contributed by atoms with Gasteiger partial charge in [0.1, 0.15) is 6.54 Å². The molecule has 2 rings (SSSR count). The van der Waals surface area contributed by atoms with Gasteiger partial charge in [-0.05, 0) is 31.5 Å². The van der Waals surface area contributed by atoms with Crippen molar-refractivity contribution in [2.24, 2.45) is 0 Å². The first-order valence-electron chi connectivity index (χ1n) is 7.33. The number of methoxy groups -OCH3 is 1. The first-order chi connectivity index (χ1) is 11.0. The Kier molecular flexibility index (Phi) is 5.10. The fraction of sp³-hybridized carbons (Fsp3) is 0.375. The molecule has 7 nitrogen and oxygen atoms in total. The SMILES string of the molecule is CCC(C)NC(=O)Cn1cnc2cc(C(=O)OC)ccc2c1=O. The van der Waals surface area contributed by atoms with Crippen LogP contribution >= 0.6 is 0 Å². The van der Waals surface area contributed by atoms with E-state index >= 15 is 0 Å². The van der Waals surface area contributed by atoms with Gasteiger partial charge in [-0.25, -0.2) is 9.78 Å². The summed E-state index contributed by atoms with van der Waals surface area (Å²) in [6.07, 6.45) is 2.12. The Hall–Kier alpha value is -2.70. The summed E-state index contributed by atoms with van der Waals surface area (Å²) >= 11 is 0. The Labute approximate surface area is 133 Å². The predicted octanol–water partition coefficient (Wildman–Crippen LogP) is 1.10. The highest BCUT2D eigenvalue weighted by Crippen LogP contribution is 2.11. The van der Waals surface area contributed by atoms with Crippen LogP contribution < -0.4 is 10.9 Å². The number of aromatic nitrogens is 2. The largest absolute Gasteiger partial charge is 0.465 e. The van der Waals surface area contributed by atoms with Crippen LogP contribution in [0.2, 0.25) is 0 Å². The fourth-order valence-electron chi connectivity index (χ4n) is 2.09. The third kappa shape index (κ3) is 3.74. The molecule has 1 unspecified atom stereocenters. The van der Waals surface area contributed by atoms with Gasteiger partial charge in [-0.3, -0.25) is 14.2 Å². The Morgan fingerprint density at radius 1 is 1.39 bits per heavy atom. The third-order valence-corrected chi connectivity index (χ3v) is 3.58. The molecule has 0 radical (unpaired) electrons. The first-order valence-corrected chi connectivity index (χ1v) is 7.33. The molecule has 1 heterocycles. The molecule has 0 aliphatic carbocycles. The summed E-state index contributed by atoms with van der Waals surface area (Å²) in [6, 6.07) is 4.56. The number of amides is 1. The van der Waals surface area contributed by atoms with E-state index in [1.807, 2.05) is 13.8 Å². The number of nitrogens with zero attached hydrogens (tertiary/aromatic N) is 2. The van der Waals surface area contributed by atoms with Crippen LogP contribution in [0.25, 0.3) is 10.9 Å². The number of carbonyl (C=O) groups is 2. The maximum absolute atomic E-state index is 12.4. The Morgan fingerprint density at radius 2 is 2.13 bits per heavy atom. The molecule has 7 heteroatoms. The molecule has 2 aromatic rings. The van der Waals surface area contributed by atoms with Gasteiger partial charge >= 0.3 is 5.97 Å². The van der Waals surface area contributed by atoms with E-state index < -0.39 is 5.97 Å². The van der Waals surface area contributed by atoms with Crippen molar-refractivity contribution in [2.75, 3.05) is 7.11 Å². The van der Waals surface area contributed by atoms with E-state index in [4.69, 9.17) is 0 Å². The molecule has 1 aromatic carbocycles. The molecule has 1 aromatic heterocycles. The number of carbonyl (C=O) groups excluding carboxylic acids is 2. The van der Waals surface area contributed by atoms with E-state index in [-0.39, 0.29) is 24.1 Å². The minimum Gasteiger partial charge on any atom is -0.465 e. The second kappa shape index (κ2) is 7.04. The van der Waals surface area contributed by atoms with Gasteiger partial charge in [0, 0.05) is 6.04 Å². The molecule has 0 spiro atoms. The van der Waals surface area contributed by atoms with Gasteiger partial charge in [0.15, 0.2) is 0 Å². The van der Waals surface area contributed by atoms with E-state index in [1.54, 1.807) is 0 Å². The average molecular weight is 317 g/mol. The van der Waals surface area contributed by atoms with Crippen LogP contribution in [0.4, 0.5) is 0 Å². The molecule has 122 valence electrons. The number of rotatable bonds is 5. The topological polar surface area (TPSA) is 90.3 Å². The predicted molar refractivity (Wildman–Crippen MR) is 85.2 cm³/mol. The lowest BCUT2D eigenvalue weighted by Gasteiger charge is -2.12. The monoisotopic (exact) mass is 317 g/mol. The Morgan fingerprint density at radius 3 is 2.78 bits per heavy atom. The highest BCUT2D eigenvalue weighted by atomic mass is 16.5. The summed E-state index contributed by atoms with van der Waals surface area (Å²) < 4.78 is 5.88. The van der Waals surface area contributed by atoms with Crippen molar-refractivity contribution in [1.82, 2.24) is 14.9 Å². The van der Waals surface area contributed by atoms with Crippen molar-refractivity contribution in [2.45, 2.75) is 32.9 Å². The quantitative estimate of drug-likeness (QED) is 0.834. The van der Waals surface area contributed by atoms with Gasteiger partial charge in [0.2, 0.25) is 5.91 Å². The lowest BCUT2D eigenvalue weighted by atomic mass is 10.1. The Bertz CT molecular complexity index is 798. The zero-order chi connectivity index (χ0) is 17.0. The smallest absolute Gasteiger partial charge is 0.337 e. The number of benzene rings is 1. The van der Waals surface area contributed by atoms with Gasteiger partial charge in [-0.15, -0.1) is 0 Å². The van der Waals surface area contributed by atoms with Crippen LogP contribution in [-0.4, -0.2) is 34.6 Å². The van der Waals surface area contributed by atoms with Crippen LogP contribution in [-0.2, 0) is 16.1 Å². The number of ether oxygens (including phenoxy) is 1. The molecule has 23 heavy (non-hydrogen) atoms. The zero-order valence-electron chi connectivity index (χ0n) is 13.3. The molecule has 0 fully saturated rings. The molecule has 1 N–H and O–H groups in total. The molecule has 0 saturated carbocycles. The highest BCUT2D eigenvalue weighted by molar-refractivity contribution is 5.94. The van der Waals surface area contributed by atoms with Crippen molar-refractivity contribution in [3.05, 3.63) is 40.4 Å². The summed E-state index contributed by atoms with van der Waals surface area (Å²) in [5, 5.41) is 3.14. The van der Waals surface area contributed by atoms with Crippen molar-refractivity contribution in [3.63, 3.8) is 0 Å². The number of nitrogens with one attached hydrogen (secondary N) is 1. The van der Waals surface area contributed by atoms with Crippen LogP contribution in [0.5, 0.6) is 0 Å². The normalized spacial score (nSPS) is 12.0. The summed E-state index contributed by atoms with van der Waals surface area (Å²) in [7, 11) is 1.29. The number of esters is 1. The first kappa shape index (κ1) is 16.7. The van der Waals surface area contributed by atoms with Gasteiger partial charge < -0.3 is 10.1 Å². The van der Waals surface area contributed by atoms with Crippen molar-refractivity contribution >= 4 is 22.8 Å². The van der Waals surface area contributed by atoms with Crippen LogP contribution in [0.1, 0.15) is 30.6 Å². The van der Waals surface area contributed by atoms with Gasteiger partial charge in [0.05, 0.1) is 29.9 Å². The van der Waals surface area contributed by atoms with Crippen molar-refractivity contribution < 1.29 is 14.3 Å². The minimum atomic E-state index is -0.495. The van der Waals surface area contributed by atoms with Gasteiger partial charge in [-0.2, -0.15) is 0 Å². The number of fused-ring (bicyclic) bond motifs is 1. The lowest BCUT2D eigenvalue weighted by molar-refractivity contribution is -0.122.